The third kappa shape index (κ3) is 4.78. The van der Waals surface area contributed by atoms with Crippen molar-refractivity contribution in [2.75, 3.05) is 18.0 Å². The van der Waals surface area contributed by atoms with Crippen LogP contribution >= 0.6 is 15.9 Å². The van der Waals surface area contributed by atoms with Crippen molar-refractivity contribution >= 4 is 21.6 Å². The van der Waals surface area contributed by atoms with Crippen molar-refractivity contribution < 1.29 is 17.9 Å². The number of anilines is 1. The van der Waals surface area contributed by atoms with Gasteiger partial charge in [-0.25, -0.2) is 0 Å². The van der Waals surface area contributed by atoms with Crippen LogP contribution in [0.25, 0.3) is 0 Å². The molecule has 1 aliphatic heterocycles. The summed E-state index contributed by atoms with van der Waals surface area (Å²) in [5.74, 6) is -0.165. The first-order valence-electron chi connectivity index (χ1n) is 6.81. The number of halogens is 4. The first-order chi connectivity index (χ1) is 9.74. The van der Waals surface area contributed by atoms with Gasteiger partial charge in [0.25, 0.3) is 0 Å². The van der Waals surface area contributed by atoms with E-state index in [2.05, 4.69) is 39.8 Å². The lowest BCUT2D eigenvalue weighted by molar-refractivity contribution is -0.274. The summed E-state index contributed by atoms with van der Waals surface area (Å²) in [7, 11) is 0. The molecule has 1 saturated heterocycles. The van der Waals surface area contributed by atoms with Crippen molar-refractivity contribution in [2.24, 2.45) is 0 Å². The lowest BCUT2D eigenvalue weighted by atomic mass is 10.2. The van der Waals surface area contributed by atoms with E-state index in [0.717, 1.165) is 6.42 Å². The van der Waals surface area contributed by atoms with E-state index in [9.17, 15) is 13.2 Å². The zero-order valence-electron chi connectivity index (χ0n) is 11.9. The fourth-order valence-electron chi connectivity index (χ4n) is 2.54. The van der Waals surface area contributed by atoms with Gasteiger partial charge >= 0.3 is 6.36 Å². The average Bonchev–Trinajstić information content (AvgIpc) is 2.74. The molecular weight excluding hydrogens is 349 g/mol. The first-order valence-corrected chi connectivity index (χ1v) is 7.60. The van der Waals surface area contributed by atoms with Crippen molar-refractivity contribution in [1.29, 1.82) is 0 Å². The molecule has 1 aliphatic rings. The Kier molecular flexibility index (Phi) is 5.03. The predicted octanol–water partition coefficient (Wildman–Crippen LogP) is 3.92. The summed E-state index contributed by atoms with van der Waals surface area (Å²) >= 11 is 3.18. The van der Waals surface area contributed by atoms with Gasteiger partial charge in [-0.1, -0.05) is 29.8 Å². The molecule has 1 heterocycles. The van der Waals surface area contributed by atoms with E-state index in [1.165, 1.54) is 6.07 Å². The standard InChI is InChI=1S/C14H18BrF3N2O/c1-9(2)19-11-5-6-20(8-11)12-4-3-10(15)7-13(12)21-14(16,17)18/h3-4,7,9,11,19H,5-6,8H2,1-2H3. The van der Waals surface area contributed by atoms with E-state index in [0.29, 0.717) is 29.3 Å². The van der Waals surface area contributed by atoms with E-state index in [1.54, 1.807) is 12.1 Å². The van der Waals surface area contributed by atoms with E-state index in [4.69, 9.17) is 0 Å². The summed E-state index contributed by atoms with van der Waals surface area (Å²) in [6.45, 7) is 5.50. The van der Waals surface area contributed by atoms with Gasteiger partial charge in [0.05, 0.1) is 5.69 Å². The minimum Gasteiger partial charge on any atom is -0.404 e. The molecule has 0 saturated carbocycles. The lowest BCUT2D eigenvalue weighted by Gasteiger charge is -2.23. The van der Waals surface area contributed by atoms with Crippen LogP contribution in [0.4, 0.5) is 18.9 Å². The summed E-state index contributed by atoms with van der Waals surface area (Å²) in [6, 6.07) is 5.37. The van der Waals surface area contributed by atoms with Gasteiger partial charge in [0.15, 0.2) is 5.75 Å². The molecule has 3 nitrogen and oxygen atoms in total. The van der Waals surface area contributed by atoms with Crippen molar-refractivity contribution in [3.8, 4) is 5.75 Å². The monoisotopic (exact) mass is 366 g/mol. The van der Waals surface area contributed by atoms with Crippen LogP contribution < -0.4 is 15.0 Å². The van der Waals surface area contributed by atoms with Crippen LogP contribution in [0.2, 0.25) is 0 Å². The maximum atomic E-state index is 12.5. The highest BCUT2D eigenvalue weighted by molar-refractivity contribution is 9.10. The third-order valence-electron chi connectivity index (χ3n) is 3.25. The highest BCUT2D eigenvalue weighted by Crippen LogP contribution is 2.36. The van der Waals surface area contributed by atoms with Crippen LogP contribution in [0.15, 0.2) is 22.7 Å². The van der Waals surface area contributed by atoms with E-state index in [1.807, 2.05) is 4.90 Å². The molecule has 1 aromatic carbocycles. The molecule has 1 atom stereocenters. The highest BCUT2D eigenvalue weighted by atomic mass is 79.9. The maximum absolute atomic E-state index is 12.5. The molecule has 118 valence electrons. The minimum atomic E-state index is -4.69. The van der Waals surface area contributed by atoms with Crippen molar-refractivity contribution in [3.05, 3.63) is 22.7 Å². The smallest absolute Gasteiger partial charge is 0.404 e. The minimum absolute atomic E-state index is 0.165. The van der Waals surface area contributed by atoms with Gasteiger partial charge in [-0.3, -0.25) is 0 Å². The topological polar surface area (TPSA) is 24.5 Å². The molecule has 1 fully saturated rings. The molecule has 2 rings (SSSR count). The molecule has 0 spiro atoms. The molecule has 21 heavy (non-hydrogen) atoms. The van der Waals surface area contributed by atoms with Crippen LogP contribution in [-0.2, 0) is 0 Å². The quantitative estimate of drug-likeness (QED) is 0.873. The zero-order valence-corrected chi connectivity index (χ0v) is 13.5. The van der Waals surface area contributed by atoms with Gasteiger partial charge in [-0.15, -0.1) is 13.2 Å². The number of nitrogens with one attached hydrogen (secondary N) is 1. The molecule has 7 heteroatoms. The van der Waals surface area contributed by atoms with Crippen LogP contribution in [0.3, 0.4) is 0 Å². The van der Waals surface area contributed by atoms with Crippen LogP contribution in [0.1, 0.15) is 20.3 Å². The Morgan fingerprint density at radius 1 is 1.38 bits per heavy atom. The molecule has 0 radical (unpaired) electrons. The molecule has 1 unspecified atom stereocenters. The van der Waals surface area contributed by atoms with Crippen molar-refractivity contribution in [2.45, 2.75) is 38.7 Å². The summed E-state index contributed by atoms with van der Waals surface area (Å²) in [5.41, 5.74) is 0.476. The highest BCUT2D eigenvalue weighted by Gasteiger charge is 2.34. The maximum Gasteiger partial charge on any atom is 0.573 e. The van der Waals surface area contributed by atoms with Crippen LogP contribution in [0.5, 0.6) is 5.75 Å². The van der Waals surface area contributed by atoms with Crippen molar-refractivity contribution in [1.82, 2.24) is 5.32 Å². The number of ether oxygens (including phenoxy) is 1. The fraction of sp³-hybridized carbons (Fsp3) is 0.571. The number of hydrogen-bond donors (Lipinski definition) is 1. The Labute approximate surface area is 130 Å². The van der Waals surface area contributed by atoms with Gasteiger partial charge in [0.1, 0.15) is 0 Å². The number of rotatable bonds is 4. The van der Waals surface area contributed by atoms with Crippen molar-refractivity contribution in [3.63, 3.8) is 0 Å². The normalized spacial score (nSPS) is 19.4. The van der Waals surface area contributed by atoms with Gasteiger partial charge in [0, 0.05) is 29.6 Å². The van der Waals surface area contributed by atoms with Crippen LogP contribution in [-0.4, -0.2) is 31.5 Å². The number of nitrogens with zero attached hydrogens (tertiary/aromatic N) is 1. The zero-order chi connectivity index (χ0) is 15.6. The summed E-state index contributed by atoms with van der Waals surface area (Å²) in [6.07, 6.45) is -3.79. The average molecular weight is 367 g/mol. The Bertz CT molecular complexity index is 494. The Balaban J connectivity index is 2.16. The van der Waals surface area contributed by atoms with Gasteiger partial charge < -0.3 is 15.0 Å². The largest absolute Gasteiger partial charge is 0.573 e. The Morgan fingerprint density at radius 3 is 2.71 bits per heavy atom. The fourth-order valence-corrected chi connectivity index (χ4v) is 2.88. The van der Waals surface area contributed by atoms with Crippen LogP contribution in [0, 0.1) is 0 Å². The van der Waals surface area contributed by atoms with E-state index < -0.39 is 6.36 Å². The van der Waals surface area contributed by atoms with Gasteiger partial charge in [-0.2, -0.15) is 0 Å². The van der Waals surface area contributed by atoms with E-state index in [-0.39, 0.29) is 11.8 Å². The second kappa shape index (κ2) is 6.44. The summed E-state index contributed by atoms with van der Waals surface area (Å²) in [5, 5.41) is 3.41. The lowest BCUT2D eigenvalue weighted by Crippen LogP contribution is -2.37. The third-order valence-corrected chi connectivity index (χ3v) is 3.74. The first kappa shape index (κ1) is 16.4. The molecule has 1 N–H and O–H groups in total. The van der Waals surface area contributed by atoms with Gasteiger partial charge in [-0.05, 0) is 24.6 Å². The number of alkyl halides is 3. The molecule has 0 aromatic heterocycles. The Morgan fingerprint density at radius 2 is 2.10 bits per heavy atom. The second-order valence-electron chi connectivity index (χ2n) is 5.41. The summed E-state index contributed by atoms with van der Waals surface area (Å²) < 4.78 is 42.3. The second-order valence-corrected chi connectivity index (χ2v) is 6.33. The predicted molar refractivity (Wildman–Crippen MR) is 79.7 cm³/mol. The Hall–Kier alpha value is -0.950. The summed E-state index contributed by atoms with van der Waals surface area (Å²) in [4.78, 5) is 1.92. The number of hydrogen-bond acceptors (Lipinski definition) is 3. The number of benzene rings is 1. The van der Waals surface area contributed by atoms with Gasteiger partial charge in [0.2, 0.25) is 0 Å². The molecular formula is C14H18BrF3N2O. The SMILES string of the molecule is CC(C)NC1CCN(c2ccc(Br)cc2OC(F)(F)F)C1. The van der Waals surface area contributed by atoms with E-state index >= 15 is 0 Å². The molecule has 1 aromatic rings. The molecule has 0 amide bonds. The molecule has 0 aliphatic carbocycles. The molecule has 0 bridgehead atoms.